The number of thiophene rings is 1. The van der Waals surface area contributed by atoms with Crippen LogP contribution >= 0.6 is 11.3 Å². The molecule has 2 aromatic heterocycles. The fraction of sp³-hybridized carbons (Fsp3) is 0.333. The second kappa shape index (κ2) is 7.67. The summed E-state index contributed by atoms with van der Waals surface area (Å²) in [5, 5.41) is 0. The molecule has 0 aliphatic carbocycles. The van der Waals surface area contributed by atoms with Crippen LogP contribution in [0.4, 0.5) is 0 Å². The highest BCUT2D eigenvalue weighted by molar-refractivity contribution is 7.20. The van der Waals surface area contributed by atoms with Gasteiger partial charge in [-0.15, -0.1) is 11.3 Å². The molecule has 1 aromatic carbocycles. The lowest BCUT2D eigenvalue weighted by Crippen LogP contribution is -2.38. The van der Waals surface area contributed by atoms with Crippen molar-refractivity contribution in [1.29, 1.82) is 0 Å². The lowest BCUT2D eigenvalue weighted by molar-refractivity contribution is 0.0710. The number of benzene rings is 1. The zero-order chi connectivity index (χ0) is 19.7. The Morgan fingerprint density at radius 1 is 1.07 bits per heavy atom. The van der Waals surface area contributed by atoms with Crippen LogP contribution in [0.5, 0.6) is 0 Å². The minimum absolute atomic E-state index is 0.0115. The minimum Gasteiger partial charge on any atom is -0.344 e. The van der Waals surface area contributed by atoms with E-state index in [0.29, 0.717) is 13.1 Å². The molecule has 144 valence electrons. The predicted octanol–water partition coefficient (Wildman–Crippen LogP) is 3.41. The van der Waals surface area contributed by atoms with Crippen molar-refractivity contribution in [2.24, 2.45) is 0 Å². The number of piperidine rings is 1. The first-order valence-electron chi connectivity index (χ1n) is 9.35. The third-order valence-electron chi connectivity index (χ3n) is 5.17. The van der Waals surface area contributed by atoms with Crippen LogP contribution < -0.4 is 0 Å². The van der Waals surface area contributed by atoms with E-state index in [9.17, 15) is 9.59 Å². The zero-order valence-electron chi connectivity index (χ0n) is 16.0. The van der Waals surface area contributed by atoms with Crippen LogP contribution in [0.25, 0.3) is 10.3 Å². The molecule has 4 rings (SSSR count). The summed E-state index contributed by atoms with van der Waals surface area (Å²) in [6.07, 6.45) is 4.97. The number of nitrogens with zero attached hydrogens (tertiary/aromatic N) is 4. The first kappa shape index (κ1) is 18.6. The molecule has 0 radical (unpaired) electrons. The molecule has 0 atom stereocenters. The number of aromatic nitrogens is 2. The Balaban J connectivity index is 1.59. The van der Waals surface area contributed by atoms with E-state index in [0.717, 1.165) is 39.2 Å². The van der Waals surface area contributed by atoms with Gasteiger partial charge in [-0.3, -0.25) is 14.6 Å². The van der Waals surface area contributed by atoms with Crippen molar-refractivity contribution in [3.63, 3.8) is 0 Å². The Kier molecular flexibility index (Phi) is 5.09. The third-order valence-corrected chi connectivity index (χ3v) is 6.27. The normalized spacial score (nSPS) is 15.0. The Morgan fingerprint density at radius 3 is 2.43 bits per heavy atom. The molecule has 0 spiro atoms. The molecule has 0 unspecified atom stereocenters. The van der Waals surface area contributed by atoms with Gasteiger partial charge in [-0.1, -0.05) is 18.2 Å². The summed E-state index contributed by atoms with van der Waals surface area (Å²) in [5.74, 6) is 0.255. The van der Waals surface area contributed by atoms with E-state index in [2.05, 4.69) is 9.97 Å². The monoisotopic (exact) mass is 394 g/mol. The highest BCUT2D eigenvalue weighted by Crippen LogP contribution is 2.39. The lowest BCUT2D eigenvalue weighted by atomic mass is 9.88. The average Bonchev–Trinajstić information content (AvgIpc) is 3.12. The van der Waals surface area contributed by atoms with Gasteiger partial charge in [0.2, 0.25) is 0 Å². The minimum atomic E-state index is -0.0115. The Hall–Kier alpha value is -2.80. The summed E-state index contributed by atoms with van der Waals surface area (Å²) in [4.78, 5) is 39.4. The van der Waals surface area contributed by atoms with Gasteiger partial charge in [-0.05, 0) is 30.9 Å². The summed E-state index contributed by atoms with van der Waals surface area (Å²) in [6.45, 7) is 1.34. The van der Waals surface area contributed by atoms with Crippen LogP contribution in [0.15, 0.2) is 42.7 Å². The van der Waals surface area contributed by atoms with E-state index >= 15 is 0 Å². The number of amides is 2. The van der Waals surface area contributed by atoms with E-state index < -0.39 is 0 Å². The number of carbonyl (C=O) groups is 2. The largest absolute Gasteiger partial charge is 0.344 e. The SMILES string of the molecule is CN(C)C(=O)c1sc2nccnc2c1C1CCN(C(=O)c2ccccc2)CC1. The molecule has 1 saturated heterocycles. The molecule has 3 heterocycles. The lowest BCUT2D eigenvalue weighted by Gasteiger charge is -2.32. The van der Waals surface area contributed by atoms with Gasteiger partial charge in [-0.2, -0.15) is 0 Å². The quantitative estimate of drug-likeness (QED) is 0.683. The topological polar surface area (TPSA) is 66.4 Å². The van der Waals surface area contributed by atoms with E-state index in [4.69, 9.17) is 0 Å². The van der Waals surface area contributed by atoms with Crippen LogP contribution in [0, 0.1) is 0 Å². The van der Waals surface area contributed by atoms with Crippen LogP contribution in [0.2, 0.25) is 0 Å². The van der Waals surface area contributed by atoms with Crippen LogP contribution in [0.1, 0.15) is 44.4 Å². The Morgan fingerprint density at radius 2 is 1.75 bits per heavy atom. The van der Waals surface area contributed by atoms with E-state index in [-0.39, 0.29) is 17.7 Å². The number of hydrogen-bond donors (Lipinski definition) is 0. The fourth-order valence-electron chi connectivity index (χ4n) is 3.72. The number of hydrogen-bond acceptors (Lipinski definition) is 5. The first-order valence-corrected chi connectivity index (χ1v) is 10.2. The number of rotatable bonds is 3. The fourth-order valence-corrected chi connectivity index (χ4v) is 4.93. The van der Waals surface area contributed by atoms with Crippen LogP contribution in [0.3, 0.4) is 0 Å². The van der Waals surface area contributed by atoms with Crippen molar-refractivity contribution < 1.29 is 9.59 Å². The van der Waals surface area contributed by atoms with Gasteiger partial charge in [0, 0.05) is 50.7 Å². The molecule has 3 aromatic rings. The number of carbonyl (C=O) groups excluding carboxylic acids is 2. The van der Waals surface area contributed by atoms with Gasteiger partial charge in [-0.25, -0.2) is 4.98 Å². The predicted molar refractivity (Wildman–Crippen MR) is 110 cm³/mol. The highest BCUT2D eigenvalue weighted by Gasteiger charge is 2.31. The van der Waals surface area contributed by atoms with Gasteiger partial charge in [0.05, 0.1) is 4.88 Å². The van der Waals surface area contributed by atoms with Crippen molar-refractivity contribution in [2.75, 3.05) is 27.2 Å². The summed E-state index contributed by atoms with van der Waals surface area (Å²) >= 11 is 1.41. The van der Waals surface area contributed by atoms with E-state index in [1.54, 1.807) is 31.4 Å². The molecule has 2 amide bonds. The van der Waals surface area contributed by atoms with Gasteiger partial charge in [0.15, 0.2) is 0 Å². The second-order valence-corrected chi connectivity index (χ2v) is 8.19. The maximum Gasteiger partial charge on any atom is 0.263 e. The van der Waals surface area contributed by atoms with E-state index in [1.807, 2.05) is 35.2 Å². The number of fused-ring (bicyclic) bond motifs is 1. The van der Waals surface area contributed by atoms with Crippen molar-refractivity contribution in [3.8, 4) is 0 Å². The van der Waals surface area contributed by atoms with Crippen molar-refractivity contribution >= 4 is 33.5 Å². The molecule has 7 heteroatoms. The molecule has 0 saturated carbocycles. The van der Waals surface area contributed by atoms with Crippen molar-refractivity contribution in [1.82, 2.24) is 19.8 Å². The summed E-state index contributed by atoms with van der Waals surface area (Å²) < 4.78 is 0. The molecule has 0 bridgehead atoms. The van der Waals surface area contributed by atoms with Gasteiger partial charge in [0.1, 0.15) is 10.3 Å². The summed E-state index contributed by atoms with van der Waals surface area (Å²) in [6, 6.07) is 9.38. The highest BCUT2D eigenvalue weighted by atomic mass is 32.1. The molecule has 28 heavy (non-hydrogen) atoms. The summed E-state index contributed by atoms with van der Waals surface area (Å²) in [7, 11) is 3.52. The first-order chi connectivity index (χ1) is 13.6. The molecular weight excluding hydrogens is 372 g/mol. The maximum atomic E-state index is 12.8. The second-order valence-electron chi connectivity index (χ2n) is 7.19. The molecule has 1 aliphatic heterocycles. The zero-order valence-corrected chi connectivity index (χ0v) is 16.8. The van der Waals surface area contributed by atoms with Gasteiger partial charge >= 0.3 is 0 Å². The average molecular weight is 395 g/mol. The Labute approximate surface area is 167 Å². The molecule has 0 N–H and O–H groups in total. The van der Waals surface area contributed by atoms with Crippen LogP contribution in [-0.4, -0.2) is 58.8 Å². The third kappa shape index (κ3) is 3.38. The Bertz CT molecular complexity index is 1010. The maximum absolute atomic E-state index is 12.8. The van der Waals surface area contributed by atoms with Crippen LogP contribution in [-0.2, 0) is 0 Å². The molecule has 1 aliphatic rings. The molecular formula is C21H22N4O2S. The number of likely N-dealkylation sites (tertiary alicyclic amines) is 1. The van der Waals surface area contributed by atoms with E-state index in [1.165, 1.54) is 11.3 Å². The van der Waals surface area contributed by atoms with Crippen molar-refractivity contribution in [2.45, 2.75) is 18.8 Å². The van der Waals surface area contributed by atoms with Gasteiger partial charge in [0.25, 0.3) is 11.8 Å². The summed E-state index contributed by atoms with van der Waals surface area (Å²) in [5.41, 5.74) is 2.54. The van der Waals surface area contributed by atoms with Gasteiger partial charge < -0.3 is 9.80 Å². The smallest absolute Gasteiger partial charge is 0.263 e. The molecule has 6 nitrogen and oxygen atoms in total. The van der Waals surface area contributed by atoms with Crippen molar-refractivity contribution in [3.05, 3.63) is 58.7 Å². The molecule has 1 fully saturated rings. The standard InChI is InChI=1S/C21H22N4O2S/c1-24(2)21(27)18-16(17-19(28-18)23-11-10-22-17)14-8-12-25(13-9-14)20(26)15-6-4-3-5-7-15/h3-7,10-11,14H,8-9,12-13H2,1-2H3.